The fourth-order valence-corrected chi connectivity index (χ4v) is 4.21. The molecular weight excluding hydrogens is 409 g/mol. The van der Waals surface area contributed by atoms with E-state index in [1.54, 1.807) is 6.92 Å². The number of thioether (sulfide) groups is 1. The zero-order chi connectivity index (χ0) is 20.1. The Morgan fingerprint density at radius 3 is 2.46 bits per heavy atom. The molecule has 28 heavy (non-hydrogen) atoms. The topological polar surface area (TPSA) is 51.2 Å². The average Bonchev–Trinajstić information content (AvgIpc) is 3.11. The summed E-state index contributed by atoms with van der Waals surface area (Å²) in [5.41, 5.74) is 2.24. The van der Waals surface area contributed by atoms with Crippen molar-refractivity contribution in [3.63, 3.8) is 0 Å². The molecule has 1 unspecified atom stereocenters. The minimum absolute atomic E-state index is 0.272. The number of anilines is 1. The lowest BCUT2D eigenvalue weighted by atomic mass is 10.2. The second-order valence-corrected chi connectivity index (χ2v) is 8.13. The maximum absolute atomic E-state index is 12.3. The third-order valence-electron chi connectivity index (χ3n) is 3.55. The normalized spacial score (nSPS) is 12.4. The van der Waals surface area contributed by atoms with E-state index in [1.807, 2.05) is 35.7 Å². The molecule has 0 spiro atoms. The maximum Gasteiger partial charge on any atom is 0.573 e. The molecule has 0 bridgehead atoms. The second kappa shape index (κ2) is 8.66. The number of alkyl halides is 3. The van der Waals surface area contributed by atoms with Gasteiger partial charge >= 0.3 is 6.36 Å². The van der Waals surface area contributed by atoms with Gasteiger partial charge in [0.1, 0.15) is 5.75 Å². The first-order chi connectivity index (χ1) is 13.3. The molecule has 1 aromatic heterocycles. The van der Waals surface area contributed by atoms with Crippen molar-refractivity contribution in [3.8, 4) is 17.0 Å². The van der Waals surface area contributed by atoms with Crippen LogP contribution in [0.4, 0.5) is 18.9 Å². The number of halogens is 3. The number of rotatable bonds is 6. The number of thiazole rings is 1. The van der Waals surface area contributed by atoms with Gasteiger partial charge in [0, 0.05) is 16.6 Å². The summed E-state index contributed by atoms with van der Waals surface area (Å²) in [6.07, 6.45) is -4.75. The lowest BCUT2D eigenvalue weighted by Gasteiger charge is -2.12. The largest absolute Gasteiger partial charge is 0.573 e. The Morgan fingerprint density at radius 1 is 1.14 bits per heavy atom. The quantitative estimate of drug-likeness (QED) is 0.506. The number of aromatic nitrogens is 1. The number of carbonyl (C=O) groups excluding carboxylic acids is 1. The minimum Gasteiger partial charge on any atom is -0.406 e. The van der Waals surface area contributed by atoms with E-state index in [9.17, 15) is 18.0 Å². The van der Waals surface area contributed by atoms with E-state index in [2.05, 4.69) is 15.0 Å². The van der Waals surface area contributed by atoms with Gasteiger partial charge in [-0.05, 0) is 31.2 Å². The number of benzene rings is 2. The number of nitrogens with zero attached hydrogens (tertiary/aromatic N) is 1. The van der Waals surface area contributed by atoms with E-state index >= 15 is 0 Å². The zero-order valence-corrected chi connectivity index (χ0v) is 16.2. The van der Waals surface area contributed by atoms with Crippen molar-refractivity contribution < 1.29 is 22.7 Å². The van der Waals surface area contributed by atoms with E-state index in [0.717, 1.165) is 27.7 Å². The van der Waals surface area contributed by atoms with Crippen LogP contribution in [0.1, 0.15) is 6.92 Å². The molecule has 0 saturated carbocycles. The van der Waals surface area contributed by atoms with Crippen molar-refractivity contribution in [1.82, 2.24) is 4.98 Å². The fourth-order valence-electron chi connectivity index (χ4n) is 2.24. The summed E-state index contributed by atoms with van der Waals surface area (Å²) >= 11 is 2.77. The Labute approximate surface area is 167 Å². The molecule has 0 aliphatic rings. The van der Waals surface area contributed by atoms with Crippen LogP contribution in [0.3, 0.4) is 0 Å². The number of nitrogens with one attached hydrogen (secondary N) is 1. The third-order valence-corrected chi connectivity index (χ3v) is 5.63. The minimum atomic E-state index is -4.75. The van der Waals surface area contributed by atoms with Crippen LogP contribution < -0.4 is 10.1 Å². The van der Waals surface area contributed by atoms with Crippen LogP contribution in [0.25, 0.3) is 11.3 Å². The number of ether oxygens (including phenoxy) is 1. The summed E-state index contributed by atoms with van der Waals surface area (Å²) in [5, 5.41) is 4.17. The monoisotopic (exact) mass is 424 g/mol. The Morgan fingerprint density at radius 2 is 1.82 bits per heavy atom. The van der Waals surface area contributed by atoms with Crippen molar-refractivity contribution in [3.05, 3.63) is 60.0 Å². The van der Waals surface area contributed by atoms with Crippen LogP contribution in [0.5, 0.6) is 5.75 Å². The molecule has 2 aromatic carbocycles. The van der Waals surface area contributed by atoms with Gasteiger partial charge in [-0.2, -0.15) is 0 Å². The summed E-state index contributed by atoms with van der Waals surface area (Å²) < 4.78 is 41.1. The van der Waals surface area contributed by atoms with Crippen LogP contribution in [-0.2, 0) is 4.79 Å². The standard InChI is InChI=1S/C19H15F3N2O2S2/c1-12(28-18-24-16(11-27-18)13-5-3-2-4-6-13)17(25)23-14-7-9-15(10-8-14)26-19(20,21)22/h2-12H,1H3,(H,23,25). The van der Waals surface area contributed by atoms with E-state index in [-0.39, 0.29) is 11.7 Å². The lowest BCUT2D eigenvalue weighted by Crippen LogP contribution is -2.22. The summed E-state index contributed by atoms with van der Waals surface area (Å²) in [6.45, 7) is 1.74. The highest BCUT2D eigenvalue weighted by Gasteiger charge is 2.31. The first kappa shape index (κ1) is 20.2. The van der Waals surface area contributed by atoms with Gasteiger partial charge in [0.25, 0.3) is 0 Å². The molecule has 0 saturated heterocycles. The number of carbonyl (C=O) groups is 1. The highest BCUT2D eigenvalue weighted by molar-refractivity contribution is 8.02. The number of hydrogen-bond acceptors (Lipinski definition) is 5. The van der Waals surface area contributed by atoms with Crippen molar-refractivity contribution in [1.29, 1.82) is 0 Å². The van der Waals surface area contributed by atoms with Crippen LogP contribution in [-0.4, -0.2) is 22.5 Å². The molecule has 1 amide bonds. The molecule has 3 aromatic rings. The maximum atomic E-state index is 12.3. The van der Waals surface area contributed by atoms with Gasteiger partial charge < -0.3 is 10.1 Å². The molecule has 0 fully saturated rings. The van der Waals surface area contributed by atoms with E-state index in [4.69, 9.17) is 0 Å². The van der Waals surface area contributed by atoms with E-state index in [0.29, 0.717) is 5.69 Å². The molecule has 4 nitrogen and oxygen atoms in total. The molecule has 0 aliphatic heterocycles. The van der Waals surface area contributed by atoms with E-state index in [1.165, 1.54) is 35.2 Å². The molecule has 9 heteroatoms. The Bertz CT molecular complexity index is 928. The molecule has 0 radical (unpaired) electrons. The lowest BCUT2D eigenvalue weighted by molar-refractivity contribution is -0.274. The fraction of sp³-hybridized carbons (Fsp3) is 0.158. The summed E-state index contributed by atoms with van der Waals surface area (Å²) in [7, 11) is 0. The Kier molecular flexibility index (Phi) is 6.25. The Balaban J connectivity index is 1.57. The van der Waals surface area contributed by atoms with Gasteiger partial charge in [-0.25, -0.2) is 4.98 Å². The average molecular weight is 424 g/mol. The van der Waals surface area contributed by atoms with E-state index < -0.39 is 11.6 Å². The summed E-state index contributed by atoms with van der Waals surface area (Å²) in [4.78, 5) is 16.9. The molecule has 1 heterocycles. The molecule has 3 rings (SSSR count). The first-order valence-corrected chi connectivity index (χ1v) is 9.90. The number of amides is 1. The molecule has 1 atom stereocenters. The van der Waals surface area contributed by atoms with Gasteiger partial charge in [-0.15, -0.1) is 24.5 Å². The SMILES string of the molecule is CC(Sc1nc(-c2ccccc2)cs1)C(=O)Nc1ccc(OC(F)(F)F)cc1. The van der Waals surface area contributed by atoms with Gasteiger partial charge in [-0.3, -0.25) is 4.79 Å². The van der Waals surface area contributed by atoms with Gasteiger partial charge in [-0.1, -0.05) is 42.1 Å². The smallest absolute Gasteiger partial charge is 0.406 e. The summed E-state index contributed by atoms with van der Waals surface area (Å²) in [6, 6.07) is 14.7. The van der Waals surface area contributed by atoms with Crippen LogP contribution in [0.15, 0.2) is 64.3 Å². The molecular formula is C19H15F3N2O2S2. The van der Waals surface area contributed by atoms with Gasteiger partial charge in [0.2, 0.25) is 5.91 Å². The van der Waals surface area contributed by atoms with Crippen molar-refractivity contribution in [2.24, 2.45) is 0 Å². The zero-order valence-electron chi connectivity index (χ0n) is 14.6. The second-order valence-electron chi connectivity index (χ2n) is 5.69. The first-order valence-electron chi connectivity index (χ1n) is 8.14. The van der Waals surface area contributed by atoms with Crippen LogP contribution >= 0.6 is 23.1 Å². The van der Waals surface area contributed by atoms with Crippen LogP contribution in [0.2, 0.25) is 0 Å². The van der Waals surface area contributed by atoms with Crippen LogP contribution in [0, 0.1) is 0 Å². The summed E-state index contributed by atoms with van der Waals surface area (Å²) in [5.74, 6) is -0.616. The predicted octanol–water partition coefficient (Wildman–Crippen LogP) is 5.83. The number of hydrogen-bond donors (Lipinski definition) is 1. The molecule has 0 aliphatic carbocycles. The molecule has 146 valence electrons. The highest BCUT2D eigenvalue weighted by atomic mass is 32.2. The predicted molar refractivity (Wildman–Crippen MR) is 105 cm³/mol. The third kappa shape index (κ3) is 5.74. The Hall–Kier alpha value is -2.52. The highest BCUT2D eigenvalue weighted by Crippen LogP contribution is 2.31. The van der Waals surface area contributed by atoms with Crippen molar-refractivity contribution >= 4 is 34.7 Å². The van der Waals surface area contributed by atoms with Gasteiger partial charge in [0.05, 0.1) is 10.9 Å². The van der Waals surface area contributed by atoms with Crippen molar-refractivity contribution in [2.75, 3.05) is 5.32 Å². The molecule has 1 N–H and O–H groups in total. The van der Waals surface area contributed by atoms with Gasteiger partial charge in [0.15, 0.2) is 4.34 Å². The van der Waals surface area contributed by atoms with Crippen molar-refractivity contribution in [2.45, 2.75) is 22.9 Å².